The van der Waals surface area contributed by atoms with Crippen LogP contribution in [0.15, 0.2) is 30.3 Å². The Hall–Kier alpha value is -0.920. The molecular weight excluding hydrogens is 228 g/mol. The van der Waals surface area contributed by atoms with Gasteiger partial charge in [0.2, 0.25) is 0 Å². The molecule has 0 spiro atoms. The van der Waals surface area contributed by atoms with Crippen molar-refractivity contribution in [3.05, 3.63) is 42.3 Å². The molecule has 0 aliphatic rings. The zero-order valence-electron chi connectivity index (χ0n) is 5.69. The Kier molecular flexibility index (Phi) is 5.35. The molecule has 56 valence electrons. The molecule has 1 heteroatoms. The van der Waals surface area contributed by atoms with Gasteiger partial charge in [0.05, 0.1) is 0 Å². The molecule has 0 unspecified atom stereocenters. The van der Waals surface area contributed by atoms with Gasteiger partial charge < -0.3 is 6.42 Å². The molecule has 0 atom stereocenters. The predicted octanol–water partition coefficient (Wildman–Crippen LogP) is 1.63. The fourth-order valence-electron chi connectivity index (χ4n) is 0.625. The van der Waals surface area contributed by atoms with Crippen molar-refractivity contribution in [2.45, 2.75) is 0 Å². The van der Waals surface area contributed by atoms with Crippen LogP contribution in [-0.4, -0.2) is 0 Å². The van der Waals surface area contributed by atoms with Crippen LogP contribution in [0, 0.1) is 24.2 Å². The van der Waals surface area contributed by atoms with E-state index in [1.54, 1.807) is 0 Å². The molecule has 0 amide bonds. The fraction of sp³-hybridized carbons (Fsp3) is 0. The van der Waals surface area contributed by atoms with E-state index in [1.807, 2.05) is 36.3 Å². The van der Waals surface area contributed by atoms with Crippen LogP contribution >= 0.6 is 0 Å². The van der Waals surface area contributed by atoms with E-state index in [4.69, 9.17) is 6.42 Å². The van der Waals surface area contributed by atoms with Crippen LogP contribution in [0.5, 0.6) is 0 Å². The maximum Gasteiger partial charge on any atom is 1.00 e. The summed E-state index contributed by atoms with van der Waals surface area (Å²) in [7, 11) is 0. The van der Waals surface area contributed by atoms with Crippen molar-refractivity contribution in [3.63, 3.8) is 0 Å². The summed E-state index contributed by atoms with van der Waals surface area (Å²) in [5.41, 5.74) is 0.919. The van der Waals surface area contributed by atoms with Crippen molar-refractivity contribution in [1.82, 2.24) is 0 Å². The van der Waals surface area contributed by atoms with Gasteiger partial charge in [-0.25, -0.2) is 5.92 Å². The Balaban J connectivity index is 0.000001000. The number of rotatable bonds is 0. The van der Waals surface area contributed by atoms with Crippen molar-refractivity contribution in [2.24, 2.45) is 0 Å². The van der Waals surface area contributed by atoms with E-state index in [0.29, 0.717) is 0 Å². The summed E-state index contributed by atoms with van der Waals surface area (Å²) in [6.07, 6.45) is 6.53. The third-order valence-corrected chi connectivity index (χ3v) is 1.04. The summed E-state index contributed by atoms with van der Waals surface area (Å²) in [5.74, 6) is 7.18. The Bertz CT molecular complexity index is 295. The topological polar surface area (TPSA) is 0 Å². The molecule has 0 aliphatic carbocycles. The summed E-state index contributed by atoms with van der Waals surface area (Å²) in [4.78, 5) is 0. The summed E-state index contributed by atoms with van der Waals surface area (Å²) >= 11 is 0. The average Bonchev–Trinajstić information content (AvgIpc) is 2.03. The third-order valence-electron chi connectivity index (χ3n) is 1.04. The molecule has 0 nitrogen and oxygen atoms in total. The molecule has 1 rings (SSSR count). The van der Waals surface area contributed by atoms with Gasteiger partial charge in [-0.3, -0.25) is 5.92 Å². The molecule has 11 heavy (non-hydrogen) atoms. The second-order valence-electron chi connectivity index (χ2n) is 1.74. The molecule has 0 heterocycles. The second kappa shape index (κ2) is 5.83. The molecule has 1 aromatic carbocycles. The van der Waals surface area contributed by atoms with Crippen molar-refractivity contribution in [1.29, 1.82) is 0 Å². The van der Waals surface area contributed by atoms with Gasteiger partial charge in [-0.2, -0.15) is 5.92 Å². The molecular formula is C10H5Ag. The van der Waals surface area contributed by atoms with Crippen LogP contribution in [0.2, 0.25) is 0 Å². The van der Waals surface area contributed by atoms with Gasteiger partial charge in [-0.15, -0.1) is 0 Å². The first-order chi connectivity index (χ1) is 4.93. The van der Waals surface area contributed by atoms with Gasteiger partial charge in [-0.1, -0.05) is 18.2 Å². The SMILES string of the molecule is [Ag+].[C-]#CC#Cc1ccccc1. The zero-order valence-corrected chi connectivity index (χ0v) is 7.17. The molecule has 0 saturated carbocycles. The van der Waals surface area contributed by atoms with Crippen LogP contribution in [0.3, 0.4) is 0 Å². The van der Waals surface area contributed by atoms with Crippen molar-refractivity contribution in [2.75, 3.05) is 0 Å². The Morgan fingerprint density at radius 2 is 1.73 bits per heavy atom. The minimum atomic E-state index is 0. The minimum Gasteiger partial charge on any atom is -0.358 e. The third kappa shape index (κ3) is 3.71. The van der Waals surface area contributed by atoms with Crippen molar-refractivity contribution >= 4 is 0 Å². The molecule has 0 N–H and O–H groups in total. The van der Waals surface area contributed by atoms with Gasteiger partial charge in [0.15, 0.2) is 0 Å². The Morgan fingerprint density at radius 3 is 2.27 bits per heavy atom. The zero-order chi connectivity index (χ0) is 7.23. The van der Waals surface area contributed by atoms with Gasteiger partial charge in [0.1, 0.15) is 0 Å². The smallest absolute Gasteiger partial charge is 0.358 e. The summed E-state index contributed by atoms with van der Waals surface area (Å²) in [6.45, 7) is 0. The molecule has 0 bridgehead atoms. The van der Waals surface area contributed by atoms with Gasteiger partial charge >= 0.3 is 22.4 Å². The van der Waals surface area contributed by atoms with Crippen LogP contribution < -0.4 is 0 Å². The van der Waals surface area contributed by atoms with Crippen LogP contribution in [0.1, 0.15) is 5.56 Å². The maximum absolute atomic E-state index is 6.53. The normalized spacial score (nSPS) is 6.45. The van der Waals surface area contributed by atoms with Crippen molar-refractivity contribution < 1.29 is 22.4 Å². The van der Waals surface area contributed by atoms with E-state index in [9.17, 15) is 0 Å². The van der Waals surface area contributed by atoms with Crippen molar-refractivity contribution in [3.8, 4) is 17.8 Å². The molecule has 0 radical (unpaired) electrons. The van der Waals surface area contributed by atoms with Gasteiger partial charge in [-0.05, 0) is 12.1 Å². The first-order valence-electron chi connectivity index (χ1n) is 2.91. The first kappa shape index (κ1) is 10.1. The minimum absolute atomic E-state index is 0. The molecule has 0 aliphatic heterocycles. The summed E-state index contributed by atoms with van der Waals surface area (Å²) in [6, 6.07) is 9.54. The van der Waals surface area contributed by atoms with Crippen LogP contribution in [-0.2, 0) is 22.4 Å². The summed E-state index contributed by atoms with van der Waals surface area (Å²) in [5, 5.41) is 0. The summed E-state index contributed by atoms with van der Waals surface area (Å²) < 4.78 is 0. The Labute approximate surface area is 82.5 Å². The molecule has 0 fully saturated rings. The van der Waals surface area contributed by atoms with Crippen LogP contribution in [0.4, 0.5) is 0 Å². The molecule has 0 saturated heterocycles. The quantitative estimate of drug-likeness (QED) is 0.363. The molecule has 0 aromatic heterocycles. The standard InChI is InChI=1S/C10H5.Ag/c1-2-3-7-10-8-5-4-6-9-10;/h4-6,8-9H;/q-1;+1. The monoisotopic (exact) mass is 232 g/mol. The maximum atomic E-state index is 6.53. The number of hydrogen-bond donors (Lipinski definition) is 0. The van der Waals surface area contributed by atoms with E-state index >= 15 is 0 Å². The predicted molar refractivity (Wildman–Crippen MR) is 40.5 cm³/mol. The first-order valence-corrected chi connectivity index (χ1v) is 2.91. The fourth-order valence-corrected chi connectivity index (χ4v) is 0.625. The molecule has 1 aromatic rings. The van der Waals surface area contributed by atoms with E-state index in [2.05, 4.69) is 11.8 Å². The number of hydrogen-bond acceptors (Lipinski definition) is 0. The Morgan fingerprint density at radius 1 is 1.09 bits per heavy atom. The van der Waals surface area contributed by atoms with E-state index < -0.39 is 0 Å². The van der Waals surface area contributed by atoms with E-state index in [-0.39, 0.29) is 22.4 Å². The van der Waals surface area contributed by atoms with Gasteiger partial charge in [0, 0.05) is 5.56 Å². The van der Waals surface area contributed by atoms with E-state index in [1.165, 1.54) is 0 Å². The largest absolute Gasteiger partial charge is 1.00 e. The number of benzene rings is 1. The van der Waals surface area contributed by atoms with Crippen LogP contribution in [0.25, 0.3) is 0 Å². The van der Waals surface area contributed by atoms with E-state index in [0.717, 1.165) is 5.56 Å². The van der Waals surface area contributed by atoms with Gasteiger partial charge in [0.25, 0.3) is 0 Å². The average molecular weight is 233 g/mol. The second-order valence-corrected chi connectivity index (χ2v) is 1.74.